The molecule has 0 radical (unpaired) electrons. The lowest BCUT2D eigenvalue weighted by Crippen LogP contribution is -2.53. The van der Waals surface area contributed by atoms with E-state index in [0.717, 1.165) is 50.4 Å². The maximum Gasteiger partial charge on any atom is 0.247 e. The van der Waals surface area contributed by atoms with Gasteiger partial charge in [-0.05, 0) is 30.5 Å². The Kier molecular flexibility index (Phi) is 5.52. The van der Waals surface area contributed by atoms with Gasteiger partial charge in [0, 0.05) is 19.6 Å². The Morgan fingerprint density at radius 1 is 1.15 bits per heavy atom. The van der Waals surface area contributed by atoms with Gasteiger partial charge in [-0.15, -0.1) is 0 Å². The third-order valence-corrected chi connectivity index (χ3v) is 6.03. The van der Waals surface area contributed by atoms with E-state index in [2.05, 4.69) is 69.4 Å². The van der Waals surface area contributed by atoms with Crippen molar-refractivity contribution in [3.63, 3.8) is 0 Å². The van der Waals surface area contributed by atoms with Crippen molar-refractivity contribution in [2.45, 2.75) is 26.4 Å². The van der Waals surface area contributed by atoms with Gasteiger partial charge in [0.1, 0.15) is 0 Å². The molecule has 0 aromatic heterocycles. The highest BCUT2D eigenvalue weighted by Gasteiger charge is 2.36. The minimum absolute atomic E-state index is 0.329. The number of aliphatic imine (C=N–C) groups is 2. The second-order valence-electron chi connectivity index (χ2n) is 7.11. The first kappa shape index (κ1) is 18.5. The number of nitrogens with zero attached hydrogens (tertiary/aromatic N) is 5. The van der Waals surface area contributed by atoms with E-state index < -0.39 is 0 Å². The van der Waals surface area contributed by atoms with Gasteiger partial charge in [0.05, 0.1) is 18.3 Å². The number of fused-ring (bicyclic) bond motifs is 1. The van der Waals surface area contributed by atoms with Crippen molar-refractivity contribution >= 4 is 22.9 Å². The third-order valence-electron chi connectivity index (χ3n) is 5.46. The standard InChI is InChI=1S/C20H28N6S/c1-4-25(5-2)17-14-24(11-15-9-7-6-8-10-15)12-16-13-26-19(21-18(16)17)22-20(23-26)27-3/h6-10,17H,4-5,11-14H2,1-3H3,(H,21,22,23). The number of hydrazine groups is 1. The summed E-state index contributed by atoms with van der Waals surface area (Å²) in [5.74, 6) is 0.812. The Morgan fingerprint density at radius 3 is 2.63 bits per heavy atom. The summed E-state index contributed by atoms with van der Waals surface area (Å²) in [5, 5.41) is 3.00. The fourth-order valence-electron chi connectivity index (χ4n) is 4.11. The molecule has 0 fully saturated rings. The molecule has 0 amide bonds. The summed E-state index contributed by atoms with van der Waals surface area (Å²) in [6.07, 6.45) is 2.04. The van der Waals surface area contributed by atoms with Crippen LogP contribution < -0.4 is 5.43 Å². The van der Waals surface area contributed by atoms with Gasteiger partial charge in [-0.25, -0.2) is 10.0 Å². The van der Waals surface area contributed by atoms with Gasteiger partial charge in [0.2, 0.25) is 5.96 Å². The molecule has 0 spiro atoms. The Labute approximate surface area is 166 Å². The normalized spacial score (nSPS) is 22.4. The smallest absolute Gasteiger partial charge is 0.247 e. The third kappa shape index (κ3) is 3.77. The van der Waals surface area contributed by atoms with Crippen LogP contribution in [0.15, 0.2) is 51.6 Å². The predicted octanol–water partition coefficient (Wildman–Crippen LogP) is 2.38. The zero-order chi connectivity index (χ0) is 18.8. The maximum atomic E-state index is 4.99. The zero-order valence-electron chi connectivity index (χ0n) is 16.4. The number of nitrogens with one attached hydrogen (secondary N) is 1. The van der Waals surface area contributed by atoms with E-state index in [-0.39, 0.29) is 0 Å². The number of thioether (sulfide) groups is 1. The Bertz CT molecular complexity index is 768. The molecule has 7 heteroatoms. The molecule has 3 heterocycles. The van der Waals surface area contributed by atoms with Crippen LogP contribution in [0.25, 0.3) is 0 Å². The van der Waals surface area contributed by atoms with Crippen molar-refractivity contribution < 1.29 is 0 Å². The molecule has 1 unspecified atom stereocenters. The van der Waals surface area contributed by atoms with Crippen LogP contribution in [0.5, 0.6) is 0 Å². The van der Waals surface area contributed by atoms with E-state index in [0.29, 0.717) is 6.04 Å². The topological polar surface area (TPSA) is 46.5 Å². The average Bonchev–Trinajstić information content (AvgIpc) is 3.10. The molecule has 144 valence electrons. The van der Waals surface area contributed by atoms with Crippen LogP contribution in [0.1, 0.15) is 19.4 Å². The number of amidine groups is 1. The molecular formula is C20H28N6S. The van der Waals surface area contributed by atoms with Gasteiger partial charge in [-0.2, -0.15) is 4.99 Å². The minimum Gasteiger partial charge on any atom is -0.294 e. The van der Waals surface area contributed by atoms with Crippen LogP contribution in [0.4, 0.5) is 0 Å². The van der Waals surface area contributed by atoms with Crippen LogP contribution in [0.2, 0.25) is 0 Å². The number of likely N-dealkylation sites (N-methyl/N-ethyl adjacent to an activating group) is 1. The SMILES string of the molecule is CCN(CC)C1CN(Cc2ccccc2)CC2=C1N=C1N=C(SC)NN1C2. The second-order valence-corrected chi connectivity index (χ2v) is 7.91. The molecular weight excluding hydrogens is 356 g/mol. The van der Waals surface area contributed by atoms with Gasteiger partial charge in [0.15, 0.2) is 5.17 Å². The average molecular weight is 385 g/mol. The Balaban J connectivity index is 1.62. The van der Waals surface area contributed by atoms with Crippen molar-refractivity contribution in [2.75, 3.05) is 39.0 Å². The molecule has 27 heavy (non-hydrogen) atoms. The predicted molar refractivity (Wildman–Crippen MR) is 114 cm³/mol. The van der Waals surface area contributed by atoms with Gasteiger partial charge < -0.3 is 0 Å². The van der Waals surface area contributed by atoms with Crippen LogP contribution in [-0.4, -0.2) is 71.0 Å². The maximum absolute atomic E-state index is 4.99. The largest absolute Gasteiger partial charge is 0.294 e. The number of rotatable bonds is 5. The van der Waals surface area contributed by atoms with Crippen molar-refractivity contribution in [3.05, 3.63) is 47.2 Å². The van der Waals surface area contributed by atoms with Gasteiger partial charge in [0.25, 0.3) is 0 Å². The molecule has 4 rings (SSSR count). The first-order valence-corrected chi connectivity index (χ1v) is 10.9. The molecule has 1 aromatic carbocycles. The summed E-state index contributed by atoms with van der Waals surface area (Å²) in [6.45, 7) is 10.3. The first-order valence-electron chi connectivity index (χ1n) is 9.69. The van der Waals surface area contributed by atoms with E-state index in [4.69, 9.17) is 4.99 Å². The number of guanidine groups is 1. The second kappa shape index (κ2) is 8.04. The van der Waals surface area contributed by atoms with E-state index in [1.165, 1.54) is 16.8 Å². The van der Waals surface area contributed by atoms with Gasteiger partial charge in [-0.3, -0.25) is 15.2 Å². The quantitative estimate of drug-likeness (QED) is 0.845. The fraction of sp³-hybridized carbons (Fsp3) is 0.500. The van der Waals surface area contributed by atoms with Gasteiger partial charge in [-0.1, -0.05) is 55.9 Å². The van der Waals surface area contributed by atoms with E-state index in [9.17, 15) is 0 Å². The Morgan fingerprint density at radius 2 is 1.93 bits per heavy atom. The summed E-state index contributed by atoms with van der Waals surface area (Å²) < 4.78 is 0. The molecule has 3 aliphatic heterocycles. The van der Waals surface area contributed by atoms with Crippen molar-refractivity contribution in [3.8, 4) is 0 Å². The summed E-state index contributed by atoms with van der Waals surface area (Å²) in [6, 6.07) is 11.1. The molecule has 3 aliphatic rings. The molecule has 1 N–H and O–H groups in total. The summed E-state index contributed by atoms with van der Waals surface area (Å²) in [5.41, 5.74) is 7.37. The molecule has 0 saturated heterocycles. The summed E-state index contributed by atoms with van der Waals surface area (Å²) >= 11 is 1.63. The van der Waals surface area contributed by atoms with Crippen molar-refractivity contribution in [1.82, 2.24) is 20.2 Å². The summed E-state index contributed by atoms with van der Waals surface area (Å²) in [4.78, 5) is 14.7. The number of hydrogen-bond donors (Lipinski definition) is 1. The zero-order valence-corrected chi connectivity index (χ0v) is 17.2. The number of hydrogen-bond acceptors (Lipinski definition) is 7. The van der Waals surface area contributed by atoms with Crippen LogP contribution >= 0.6 is 11.8 Å². The lowest BCUT2D eigenvalue weighted by molar-refractivity contribution is 0.149. The highest BCUT2D eigenvalue weighted by molar-refractivity contribution is 8.13. The highest BCUT2D eigenvalue weighted by atomic mass is 32.2. The first-order chi connectivity index (χ1) is 13.2. The lowest BCUT2D eigenvalue weighted by Gasteiger charge is -2.42. The van der Waals surface area contributed by atoms with E-state index in [1.807, 2.05) is 6.26 Å². The molecule has 6 nitrogen and oxygen atoms in total. The highest BCUT2D eigenvalue weighted by Crippen LogP contribution is 2.30. The van der Waals surface area contributed by atoms with Crippen molar-refractivity contribution in [1.29, 1.82) is 0 Å². The van der Waals surface area contributed by atoms with Crippen LogP contribution in [0.3, 0.4) is 0 Å². The Hall–Kier alpha value is -1.83. The fourth-order valence-corrected chi connectivity index (χ4v) is 4.48. The van der Waals surface area contributed by atoms with E-state index in [1.54, 1.807) is 11.8 Å². The molecule has 1 aromatic rings. The minimum atomic E-state index is 0.329. The van der Waals surface area contributed by atoms with Crippen molar-refractivity contribution in [2.24, 2.45) is 9.98 Å². The molecule has 0 saturated carbocycles. The summed E-state index contributed by atoms with van der Waals surface area (Å²) in [7, 11) is 0. The van der Waals surface area contributed by atoms with E-state index >= 15 is 0 Å². The molecule has 0 bridgehead atoms. The lowest BCUT2D eigenvalue weighted by atomic mass is 9.98. The van der Waals surface area contributed by atoms with Crippen LogP contribution in [0, 0.1) is 0 Å². The number of benzene rings is 1. The monoisotopic (exact) mass is 384 g/mol. The van der Waals surface area contributed by atoms with Gasteiger partial charge >= 0.3 is 0 Å². The van der Waals surface area contributed by atoms with Crippen LogP contribution in [-0.2, 0) is 6.54 Å². The molecule has 0 aliphatic carbocycles. The molecule has 1 atom stereocenters.